The smallest absolute Gasteiger partial charge is 0.272 e. The molecule has 0 spiro atoms. The molecule has 1 amide bonds. The number of piperazine rings is 1. The molecule has 1 atom stereocenters. The standard InChI is InChI=1S/C23H26FN5O/c1-3-16(2)25-23(30)21-17-8-4-5-9-18(17)22(27-26-21)29-14-12-28(13-15-29)20-11-7-6-10-19(20)24/h4-11,16H,3,12-15H2,1-2H3,(H,25,30). The third-order valence-corrected chi connectivity index (χ3v) is 5.65. The Kier molecular flexibility index (Phi) is 5.79. The van der Waals surface area contributed by atoms with Gasteiger partial charge in [0.05, 0.1) is 5.69 Å². The van der Waals surface area contributed by atoms with E-state index < -0.39 is 0 Å². The number of benzene rings is 2. The van der Waals surface area contributed by atoms with Crippen molar-refractivity contribution in [1.82, 2.24) is 15.5 Å². The summed E-state index contributed by atoms with van der Waals surface area (Å²) in [5.74, 6) is 0.357. The topological polar surface area (TPSA) is 61.4 Å². The predicted molar refractivity (Wildman–Crippen MR) is 118 cm³/mol. The van der Waals surface area contributed by atoms with Gasteiger partial charge in [-0.2, -0.15) is 0 Å². The number of para-hydroxylation sites is 1. The number of carbonyl (C=O) groups excluding carboxylic acids is 1. The average molecular weight is 407 g/mol. The van der Waals surface area contributed by atoms with Gasteiger partial charge in [-0.25, -0.2) is 4.39 Å². The summed E-state index contributed by atoms with van der Waals surface area (Å²) in [6.07, 6.45) is 0.849. The molecule has 2 aromatic carbocycles. The largest absolute Gasteiger partial charge is 0.366 e. The van der Waals surface area contributed by atoms with E-state index in [1.165, 1.54) is 6.07 Å². The summed E-state index contributed by atoms with van der Waals surface area (Å²) in [7, 11) is 0. The molecule has 156 valence electrons. The maximum Gasteiger partial charge on any atom is 0.272 e. The van der Waals surface area contributed by atoms with Crippen LogP contribution >= 0.6 is 0 Å². The number of aromatic nitrogens is 2. The van der Waals surface area contributed by atoms with Gasteiger partial charge in [0.25, 0.3) is 5.91 Å². The lowest BCUT2D eigenvalue weighted by molar-refractivity contribution is 0.0935. The normalized spacial score (nSPS) is 15.3. The fraction of sp³-hybridized carbons (Fsp3) is 0.348. The first-order valence-electron chi connectivity index (χ1n) is 10.4. The van der Waals surface area contributed by atoms with Crippen LogP contribution in [0.3, 0.4) is 0 Å². The minimum atomic E-state index is -0.205. The lowest BCUT2D eigenvalue weighted by Gasteiger charge is -2.37. The fourth-order valence-corrected chi connectivity index (χ4v) is 3.75. The molecule has 1 aromatic heterocycles. The summed E-state index contributed by atoms with van der Waals surface area (Å²) >= 11 is 0. The molecule has 7 heteroatoms. The zero-order valence-electron chi connectivity index (χ0n) is 17.3. The van der Waals surface area contributed by atoms with Gasteiger partial charge in [-0.1, -0.05) is 43.3 Å². The van der Waals surface area contributed by atoms with Crippen LogP contribution in [0.4, 0.5) is 15.9 Å². The zero-order valence-corrected chi connectivity index (χ0v) is 17.3. The van der Waals surface area contributed by atoms with E-state index in [1.54, 1.807) is 6.07 Å². The zero-order chi connectivity index (χ0) is 21.1. The number of halogens is 1. The second-order valence-electron chi connectivity index (χ2n) is 7.63. The van der Waals surface area contributed by atoms with Gasteiger partial charge < -0.3 is 15.1 Å². The van der Waals surface area contributed by atoms with E-state index in [4.69, 9.17) is 0 Å². The molecular formula is C23H26FN5O. The molecule has 1 aliphatic rings. The minimum absolute atomic E-state index is 0.0733. The number of rotatable bonds is 5. The molecule has 6 nitrogen and oxygen atoms in total. The van der Waals surface area contributed by atoms with Gasteiger partial charge in [0, 0.05) is 43.0 Å². The number of anilines is 2. The number of carbonyl (C=O) groups is 1. The summed E-state index contributed by atoms with van der Waals surface area (Å²) in [6, 6.07) is 14.7. The van der Waals surface area contributed by atoms with E-state index in [2.05, 4.69) is 25.3 Å². The van der Waals surface area contributed by atoms with Crippen LogP contribution in [0.5, 0.6) is 0 Å². The summed E-state index contributed by atoms with van der Waals surface area (Å²) in [5, 5.41) is 13.4. The molecule has 0 bridgehead atoms. The highest BCUT2D eigenvalue weighted by atomic mass is 19.1. The second-order valence-corrected chi connectivity index (χ2v) is 7.63. The first kappa shape index (κ1) is 20.1. The Morgan fingerprint density at radius 1 is 1.00 bits per heavy atom. The molecule has 0 aliphatic carbocycles. The number of nitrogens with zero attached hydrogens (tertiary/aromatic N) is 4. The van der Waals surface area contributed by atoms with Crippen LogP contribution in [0.15, 0.2) is 48.5 Å². The van der Waals surface area contributed by atoms with E-state index >= 15 is 0 Å². The molecule has 30 heavy (non-hydrogen) atoms. The highest BCUT2D eigenvalue weighted by molar-refractivity contribution is 6.07. The van der Waals surface area contributed by atoms with Crippen LogP contribution in [-0.2, 0) is 0 Å². The highest BCUT2D eigenvalue weighted by Crippen LogP contribution is 2.28. The van der Waals surface area contributed by atoms with Crippen molar-refractivity contribution >= 4 is 28.2 Å². The molecule has 0 saturated carbocycles. The first-order chi connectivity index (χ1) is 14.6. The summed E-state index contributed by atoms with van der Waals surface area (Å²) < 4.78 is 14.1. The molecule has 2 heterocycles. The number of fused-ring (bicyclic) bond motifs is 1. The maximum absolute atomic E-state index is 14.1. The van der Waals surface area contributed by atoms with Crippen molar-refractivity contribution in [2.45, 2.75) is 26.3 Å². The Balaban J connectivity index is 1.58. The van der Waals surface area contributed by atoms with Gasteiger partial charge in [0.2, 0.25) is 0 Å². The Labute approximate surface area is 175 Å². The average Bonchev–Trinajstić information content (AvgIpc) is 2.78. The monoisotopic (exact) mass is 407 g/mol. The third-order valence-electron chi connectivity index (χ3n) is 5.65. The van der Waals surface area contributed by atoms with Crippen LogP contribution in [0, 0.1) is 5.82 Å². The second kappa shape index (κ2) is 8.65. The molecule has 3 aromatic rings. The van der Waals surface area contributed by atoms with E-state index in [9.17, 15) is 9.18 Å². The van der Waals surface area contributed by atoms with Crippen LogP contribution in [0.25, 0.3) is 10.8 Å². The van der Waals surface area contributed by atoms with Crippen molar-refractivity contribution in [1.29, 1.82) is 0 Å². The van der Waals surface area contributed by atoms with Crippen molar-refractivity contribution in [3.8, 4) is 0 Å². The quantitative estimate of drug-likeness (QED) is 0.700. The van der Waals surface area contributed by atoms with Crippen molar-refractivity contribution in [2.24, 2.45) is 0 Å². The number of hydrogen-bond donors (Lipinski definition) is 1. The van der Waals surface area contributed by atoms with Crippen LogP contribution in [0.2, 0.25) is 0 Å². The molecular weight excluding hydrogens is 381 g/mol. The lowest BCUT2D eigenvalue weighted by atomic mass is 10.1. The van der Waals surface area contributed by atoms with Gasteiger partial charge in [-0.15, -0.1) is 10.2 Å². The number of hydrogen-bond acceptors (Lipinski definition) is 5. The first-order valence-corrected chi connectivity index (χ1v) is 10.4. The van der Waals surface area contributed by atoms with Crippen LogP contribution in [-0.4, -0.2) is 48.3 Å². The Bertz CT molecular complexity index is 1050. The van der Waals surface area contributed by atoms with Gasteiger partial charge in [0.15, 0.2) is 11.5 Å². The fourth-order valence-electron chi connectivity index (χ4n) is 3.75. The van der Waals surface area contributed by atoms with Crippen molar-refractivity contribution < 1.29 is 9.18 Å². The predicted octanol–water partition coefficient (Wildman–Crippen LogP) is 3.62. The van der Waals surface area contributed by atoms with Gasteiger partial charge in [0.1, 0.15) is 5.82 Å². The summed E-state index contributed by atoms with van der Waals surface area (Å²) in [5.41, 5.74) is 0.977. The molecule has 1 fully saturated rings. The highest BCUT2D eigenvalue weighted by Gasteiger charge is 2.24. The summed E-state index contributed by atoms with van der Waals surface area (Å²) in [4.78, 5) is 16.9. The molecule has 1 unspecified atom stereocenters. The molecule has 0 radical (unpaired) electrons. The van der Waals surface area contributed by atoms with E-state index in [1.807, 2.05) is 50.2 Å². The van der Waals surface area contributed by atoms with Gasteiger partial charge in [-0.3, -0.25) is 4.79 Å². The maximum atomic E-state index is 14.1. The summed E-state index contributed by atoms with van der Waals surface area (Å²) in [6.45, 7) is 6.77. The van der Waals surface area contributed by atoms with Crippen molar-refractivity contribution in [3.05, 3.63) is 60.0 Å². The SMILES string of the molecule is CCC(C)NC(=O)c1nnc(N2CCN(c3ccccc3F)CC2)c2ccccc12. The van der Waals surface area contributed by atoms with Gasteiger partial charge in [-0.05, 0) is 25.5 Å². The molecule has 4 rings (SSSR count). The van der Waals surface area contributed by atoms with E-state index in [0.717, 1.165) is 23.0 Å². The lowest BCUT2D eigenvalue weighted by Crippen LogP contribution is -2.47. The van der Waals surface area contributed by atoms with Crippen LogP contribution in [0.1, 0.15) is 30.8 Å². The Morgan fingerprint density at radius 2 is 1.63 bits per heavy atom. The Hall–Kier alpha value is -3.22. The number of nitrogens with one attached hydrogen (secondary N) is 1. The molecule has 1 N–H and O–H groups in total. The van der Waals surface area contributed by atoms with Crippen LogP contribution < -0.4 is 15.1 Å². The third kappa shape index (κ3) is 3.92. The minimum Gasteiger partial charge on any atom is -0.366 e. The van der Waals surface area contributed by atoms with Gasteiger partial charge >= 0.3 is 0 Å². The van der Waals surface area contributed by atoms with Crippen molar-refractivity contribution in [2.75, 3.05) is 36.0 Å². The van der Waals surface area contributed by atoms with E-state index in [0.29, 0.717) is 37.6 Å². The van der Waals surface area contributed by atoms with Crippen molar-refractivity contribution in [3.63, 3.8) is 0 Å². The molecule has 1 aliphatic heterocycles. The number of amides is 1. The molecule has 1 saturated heterocycles. The Morgan fingerprint density at radius 3 is 2.33 bits per heavy atom. The van der Waals surface area contributed by atoms with E-state index in [-0.39, 0.29) is 17.8 Å².